The van der Waals surface area contributed by atoms with Gasteiger partial charge in [0.15, 0.2) is 0 Å². The topological polar surface area (TPSA) is 71.5 Å². The Balaban J connectivity index is 2.02. The molecule has 1 aromatic heterocycles. The predicted octanol–water partition coefficient (Wildman–Crippen LogP) is 2.08. The first-order valence-corrected chi connectivity index (χ1v) is 7.17. The first-order valence-electron chi connectivity index (χ1n) is 7.17. The van der Waals surface area contributed by atoms with Crippen LogP contribution in [0.2, 0.25) is 0 Å². The van der Waals surface area contributed by atoms with Crippen molar-refractivity contribution in [3.8, 4) is 5.75 Å². The zero-order valence-electron chi connectivity index (χ0n) is 13.2. The van der Waals surface area contributed by atoms with E-state index in [1.807, 2.05) is 18.2 Å². The lowest BCUT2D eigenvalue weighted by atomic mass is 10.2. The van der Waals surface area contributed by atoms with Crippen LogP contribution in [0.1, 0.15) is 12.5 Å². The van der Waals surface area contributed by atoms with Crippen molar-refractivity contribution in [2.24, 2.45) is 0 Å². The van der Waals surface area contributed by atoms with Gasteiger partial charge in [0.05, 0.1) is 12.8 Å². The highest BCUT2D eigenvalue weighted by molar-refractivity contribution is 5.95. The van der Waals surface area contributed by atoms with Crippen LogP contribution in [-0.2, 0) is 16.1 Å². The third kappa shape index (κ3) is 4.81. The number of rotatable bonds is 6. The van der Waals surface area contributed by atoms with Crippen molar-refractivity contribution < 1.29 is 14.3 Å². The van der Waals surface area contributed by atoms with E-state index in [4.69, 9.17) is 4.74 Å². The first-order chi connectivity index (χ1) is 11.1. The Hall–Kier alpha value is -2.89. The van der Waals surface area contributed by atoms with Gasteiger partial charge in [-0.25, -0.2) is 0 Å². The lowest BCUT2D eigenvalue weighted by Crippen LogP contribution is -2.36. The summed E-state index contributed by atoms with van der Waals surface area (Å²) >= 11 is 0. The molecule has 1 N–H and O–H groups in total. The predicted molar refractivity (Wildman–Crippen MR) is 87.0 cm³/mol. The molecular weight excluding hydrogens is 294 g/mol. The summed E-state index contributed by atoms with van der Waals surface area (Å²) in [5.41, 5.74) is 1.49. The van der Waals surface area contributed by atoms with Crippen LogP contribution in [0.25, 0.3) is 0 Å². The molecule has 6 heteroatoms. The fourth-order valence-electron chi connectivity index (χ4n) is 2.10. The van der Waals surface area contributed by atoms with Gasteiger partial charge in [0.25, 0.3) is 0 Å². The van der Waals surface area contributed by atoms with Gasteiger partial charge in [-0.2, -0.15) is 0 Å². The summed E-state index contributed by atoms with van der Waals surface area (Å²) in [7, 11) is 1.54. The van der Waals surface area contributed by atoms with Crippen LogP contribution in [-0.4, -0.2) is 35.4 Å². The fraction of sp³-hybridized carbons (Fsp3) is 0.235. The van der Waals surface area contributed by atoms with Gasteiger partial charge >= 0.3 is 0 Å². The van der Waals surface area contributed by atoms with E-state index in [0.29, 0.717) is 18.0 Å². The van der Waals surface area contributed by atoms with Gasteiger partial charge in [0.1, 0.15) is 12.3 Å². The molecule has 0 spiro atoms. The average molecular weight is 313 g/mol. The van der Waals surface area contributed by atoms with Crippen LogP contribution in [0.15, 0.2) is 48.8 Å². The van der Waals surface area contributed by atoms with E-state index in [0.717, 1.165) is 5.56 Å². The summed E-state index contributed by atoms with van der Waals surface area (Å²) in [6.07, 6.45) is 3.31. The summed E-state index contributed by atoms with van der Waals surface area (Å²) in [6, 6.07) is 10.8. The van der Waals surface area contributed by atoms with Gasteiger partial charge in [-0.1, -0.05) is 12.1 Å². The van der Waals surface area contributed by atoms with Crippen molar-refractivity contribution in [3.63, 3.8) is 0 Å². The summed E-state index contributed by atoms with van der Waals surface area (Å²) in [6.45, 7) is 1.77. The number of hydrogen-bond acceptors (Lipinski definition) is 4. The normalized spacial score (nSPS) is 10.0. The number of para-hydroxylation sites is 2. The Morgan fingerprint density at radius 3 is 2.52 bits per heavy atom. The molecule has 0 atom stereocenters. The van der Waals surface area contributed by atoms with E-state index in [2.05, 4.69) is 10.3 Å². The molecule has 0 aliphatic rings. The SMILES string of the molecule is COc1ccccc1NC(=O)CN(Cc1ccncc1)C(C)=O. The number of ether oxygens (including phenoxy) is 1. The van der Waals surface area contributed by atoms with Crippen molar-refractivity contribution in [3.05, 3.63) is 54.4 Å². The number of anilines is 1. The van der Waals surface area contributed by atoms with Gasteiger partial charge < -0.3 is 15.0 Å². The molecule has 2 aromatic rings. The Morgan fingerprint density at radius 1 is 1.17 bits per heavy atom. The maximum absolute atomic E-state index is 12.2. The van der Waals surface area contributed by atoms with Crippen molar-refractivity contribution in [1.29, 1.82) is 0 Å². The summed E-state index contributed by atoms with van der Waals surface area (Å²) < 4.78 is 5.19. The molecular formula is C17H19N3O3. The Morgan fingerprint density at radius 2 is 1.87 bits per heavy atom. The Labute approximate surface area is 135 Å². The number of nitrogens with one attached hydrogen (secondary N) is 1. The fourth-order valence-corrected chi connectivity index (χ4v) is 2.10. The number of nitrogens with zero attached hydrogens (tertiary/aromatic N) is 2. The van der Waals surface area contributed by atoms with Crippen molar-refractivity contribution in [1.82, 2.24) is 9.88 Å². The molecule has 0 saturated carbocycles. The number of amides is 2. The van der Waals surface area contributed by atoms with Gasteiger partial charge in [-0.15, -0.1) is 0 Å². The molecule has 2 amide bonds. The van der Waals surface area contributed by atoms with Gasteiger partial charge in [-0.05, 0) is 29.8 Å². The molecule has 1 heterocycles. The van der Waals surface area contributed by atoms with Gasteiger partial charge in [0, 0.05) is 25.9 Å². The Bertz CT molecular complexity index is 674. The second kappa shape index (κ2) is 7.93. The molecule has 2 rings (SSSR count). The van der Waals surface area contributed by atoms with Crippen LogP contribution < -0.4 is 10.1 Å². The van der Waals surface area contributed by atoms with Crippen LogP contribution >= 0.6 is 0 Å². The number of aromatic nitrogens is 1. The zero-order valence-corrected chi connectivity index (χ0v) is 13.2. The molecule has 0 saturated heterocycles. The van der Waals surface area contributed by atoms with Crippen LogP contribution in [0.4, 0.5) is 5.69 Å². The number of pyridine rings is 1. The molecule has 0 fully saturated rings. The number of carbonyl (C=O) groups excluding carboxylic acids is 2. The summed E-state index contributed by atoms with van der Waals surface area (Å²) in [4.78, 5) is 29.4. The minimum absolute atomic E-state index is 0.0320. The maximum Gasteiger partial charge on any atom is 0.244 e. The smallest absolute Gasteiger partial charge is 0.244 e. The van der Waals surface area contributed by atoms with E-state index < -0.39 is 0 Å². The van der Waals surface area contributed by atoms with Crippen LogP contribution in [0.5, 0.6) is 5.75 Å². The lowest BCUT2D eigenvalue weighted by molar-refractivity contribution is -0.133. The molecule has 6 nitrogen and oxygen atoms in total. The molecule has 0 aliphatic carbocycles. The van der Waals surface area contributed by atoms with Crippen molar-refractivity contribution in [2.75, 3.05) is 19.0 Å². The molecule has 0 radical (unpaired) electrons. The minimum Gasteiger partial charge on any atom is -0.495 e. The first kappa shape index (κ1) is 16.5. The third-order valence-electron chi connectivity index (χ3n) is 3.28. The third-order valence-corrected chi connectivity index (χ3v) is 3.28. The average Bonchev–Trinajstić information content (AvgIpc) is 2.55. The minimum atomic E-state index is -0.279. The van der Waals surface area contributed by atoms with E-state index in [-0.39, 0.29) is 18.4 Å². The molecule has 0 bridgehead atoms. The Kier molecular flexibility index (Phi) is 5.68. The molecule has 0 unspecified atom stereocenters. The summed E-state index contributed by atoms with van der Waals surface area (Å²) in [5.74, 6) is 0.125. The highest BCUT2D eigenvalue weighted by atomic mass is 16.5. The molecule has 0 aliphatic heterocycles. The van der Waals surface area contributed by atoms with Crippen LogP contribution in [0, 0.1) is 0 Å². The highest BCUT2D eigenvalue weighted by Gasteiger charge is 2.15. The number of benzene rings is 1. The van der Waals surface area contributed by atoms with Crippen molar-refractivity contribution >= 4 is 17.5 Å². The molecule has 1 aromatic carbocycles. The summed E-state index contributed by atoms with van der Waals surface area (Å²) in [5, 5.41) is 2.76. The van der Waals surface area contributed by atoms with Gasteiger partial charge in [-0.3, -0.25) is 14.6 Å². The van der Waals surface area contributed by atoms with E-state index >= 15 is 0 Å². The lowest BCUT2D eigenvalue weighted by Gasteiger charge is -2.21. The standard InChI is InChI=1S/C17H19N3O3/c1-13(21)20(11-14-7-9-18-10-8-14)12-17(22)19-15-5-3-4-6-16(15)23-2/h3-10H,11-12H2,1-2H3,(H,19,22). The van der Waals surface area contributed by atoms with E-state index in [1.54, 1.807) is 30.6 Å². The zero-order chi connectivity index (χ0) is 16.7. The second-order valence-corrected chi connectivity index (χ2v) is 4.98. The highest BCUT2D eigenvalue weighted by Crippen LogP contribution is 2.22. The van der Waals surface area contributed by atoms with Gasteiger partial charge in [0.2, 0.25) is 11.8 Å². The van der Waals surface area contributed by atoms with E-state index in [9.17, 15) is 9.59 Å². The number of carbonyl (C=O) groups is 2. The number of methoxy groups -OCH3 is 1. The molecule has 23 heavy (non-hydrogen) atoms. The van der Waals surface area contributed by atoms with Crippen LogP contribution in [0.3, 0.4) is 0 Å². The maximum atomic E-state index is 12.2. The van der Waals surface area contributed by atoms with E-state index in [1.165, 1.54) is 18.9 Å². The second-order valence-electron chi connectivity index (χ2n) is 4.98. The quantitative estimate of drug-likeness (QED) is 0.886. The number of hydrogen-bond donors (Lipinski definition) is 1. The largest absolute Gasteiger partial charge is 0.495 e. The molecule has 120 valence electrons. The monoisotopic (exact) mass is 313 g/mol. The van der Waals surface area contributed by atoms with Crippen molar-refractivity contribution in [2.45, 2.75) is 13.5 Å².